The highest BCUT2D eigenvalue weighted by atomic mass is 19.1. The molecule has 1 aliphatic heterocycles. The predicted octanol–water partition coefficient (Wildman–Crippen LogP) is 1.90. The van der Waals surface area contributed by atoms with Crippen LogP contribution in [0.3, 0.4) is 0 Å². The van der Waals surface area contributed by atoms with E-state index in [0.29, 0.717) is 11.5 Å². The first-order valence-electron chi connectivity index (χ1n) is 11.0. The van der Waals surface area contributed by atoms with E-state index in [9.17, 15) is 19.1 Å². The summed E-state index contributed by atoms with van der Waals surface area (Å²) in [5.41, 5.74) is 0.321. The molecule has 2 aromatic rings. The number of nitrogens with one attached hydrogen (secondary N) is 1. The Morgan fingerprint density at radius 1 is 1.24 bits per heavy atom. The number of aliphatic hydroxyl groups is 1. The minimum atomic E-state index is -1.02. The molecule has 2 amide bonds. The number of aromatic nitrogens is 2. The van der Waals surface area contributed by atoms with E-state index >= 15 is 0 Å². The maximum Gasteiger partial charge on any atom is 0.415 e. The molecular weight excluding hydrogens is 445 g/mol. The Morgan fingerprint density at radius 3 is 2.59 bits per heavy atom. The quantitative estimate of drug-likeness (QED) is 0.644. The van der Waals surface area contributed by atoms with E-state index in [1.165, 1.54) is 36.1 Å². The summed E-state index contributed by atoms with van der Waals surface area (Å²) in [6, 6.07) is 3.85. The van der Waals surface area contributed by atoms with Crippen molar-refractivity contribution < 1.29 is 28.6 Å². The van der Waals surface area contributed by atoms with Crippen LogP contribution in [0.4, 0.5) is 15.0 Å². The third-order valence-electron chi connectivity index (χ3n) is 5.88. The number of methoxy groups -OCH3 is 1. The van der Waals surface area contributed by atoms with E-state index in [2.05, 4.69) is 21.8 Å². The Bertz CT molecular complexity index is 1200. The Kier molecular flexibility index (Phi) is 5.53. The second-order valence-electron chi connectivity index (χ2n) is 8.57. The lowest BCUT2D eigenvalue weighted by Crippen LogP contribution is -2.57. The van der Waals surface area contributed by atoms with Crippen LogP contribution in [0.1, 0.15) is 42.0 Å². The molecule has 0 radical (unpaired) electrons. The first-order valence-corrected chi connectivity index (χ1v) is 11.0. The second kappa shape index (κ2) is 8.53. The standard InChI is InChI=1S/C23H24FN5O5/c1-27(23(32)34-17-11-13(24)10-16(12-17)33-2)9-3-4-18-25-19-20(26-18)28(14-5-6-14)22(31)29(21(19)30)15-7-8-15/h10-12,14-15,22,31H,5-9H2,1-2H3,(H,25,26). The number of imidazole rings is 1. The number of ether oxygens (including phenoxy) is 2. The van der Waals surface area contributed by atoms with Gasteiger partial charge in [-0.05, 0) is 31.6 Å². The Morgan fingerprint density at radius 2 is 1.91 bits per heavy atom. The van der Waals surface area contributed by atoms with Gasteiger partial charge in [0.15, 0.2) is 11.6 Å². The van der Waals surface area contributed by atoms with Crippen molar-refractivity contribution in [2.45, 2.75) is 44.1 Å². The van der Waals surface area contributed by atoms with Gasteiger partial charge in [-0.2, -0.15) is 0 Å². The number of amides is 2. The SMILES string of the molecule is COc1cc(F)cc(OC(=O)N(C)CC#Cc2nc3c([nH]2)C(=O)N(C2CC2)C(O)N3C2CC2)c1. The summed E-state index contributed by atoms with van der Waals surface area (Å²) in [6.07, 6.45) is 1.87. The van der Waals surface area contributed by atoms with E-state index in [4.69, 9.17) is 9.47 Å². The minimum Gasteiger partial charge on any atom is -0.497 e. The van der Waals surface area contributed by atoms with Crippen LogP contribution in [0.25, 0.3) is 0 Å². The number of halogens is 1. The molecule has 0 spiro atoms. The molecule has 2 fully saturated rings. The molecule has 3 aliphatic rings. The highest BCUT2D eigenvalue weighted by molar-refractivity contribution is 6.00. The number of hydrogen-bond acceptors (Lipinski definition) is 7. The van der Waals surface area contributed by atoms with E-state index in [-0.39, 0.29) is 41.9 Å². The molecule has 34 heavy (non-hydrogen) atoms. The number of aromatic amines is 1. The fourth-order valence-electron chi connectivity index (χ4n) is 3.86. The van der Waals surface area contributed by atoms with Gasteiger partial charge in [-0.3, -0.25) is 14.6 Å². The van der Waals surface area contributed by atoms with Crippen molar-refractivity contribution in [1.29, 1.82) is 0 Å². The van der Waals surface area contributed by atoms with Crippen LogP contribution in [0.5, 0.6) is 11.5 Å². The molecule has 2 aliphatic carbocycles. The van der Waals surface area contributed by atoms with Gasteiger partial charge >= 0.3 is 6.09 Å². The number of benzene rings is 1. The molecule has 11 heteroatoms. The number of H-pyrrole nitrogens is 1. The fourth-order valence-corrected chi connectivity index (χ4v) is 3.86. The maximum absolute atomic E-state index is 13.6. The summed E-state index contributed by atoms with van der Waals surface area (Å²) in [5, 5.41) is 10.8. The largest absolute Gasteiger partial charge is 0.497 e. The highest BCUT2D eigenvalue weighted by Crippen LogP contribution is 2.41. The monoisotopic (exact) mass is 469 g/mol. The van der Waals surface area contributed by atoms with Crippen LogP contribution in [0.2, 0.25) is 0 Å². The average Bonchev–Trinajstić information content (AvgIpc) is 3.72. The number of carbonyl (C=O) groups excluding carboxylic acids is 2. The van der Waals surface area contributed by atoms with Crippen LogP contribution in [0, 0.1) is 17.7 Å². The Labute approximate surface area is 195 Å². The molecule has 1 unspecified atom stereocenters. The first-order chi connectivity index (χ1) is 16.4. The van der Waals surface area contributed by atoms with Gasteiger partial charge in [-0.1, -0.05) is 5.92 Å². The summed E-state index contributed by atoms with van der Waals surface area (Å²) < 4.78 is 23.7. The summed E-state index contributed by atoms with van der Waals surface area (Å²) in [4.78, 5) is 37.2. The summed E-state index contributed by atoms with van der Waals surface area (Å²) in [7, 11) is 2.87. The van der Waals surface area contributed by atoms with Gasteiger partial charge < -0.3 is 24.5 Å². The molecule has 5 rings (SSSR count). The van der Waals surface area contributed by atoms with Crippen molar-refractivity contribution in [1.82, 2.24) is 19.8 Å². The molecule has 1 aromatic carbocycles. The molecule has 1 atom stereocenters. The van der Waals surface area contributed by atoms with Crippen molar-refractivity contribution in [3.05, 3.63) is 35.5 Å². The topological polar surface area (TPSA) is 111 Å². The van der Waals surface area contributed by atoms with Crippen LogP contribution in [0.15, 0.2) is 18.2 Å². The van der Waals surface area contributed by atoms with Gasteiger partial charge in [-0.15, -0.1) is 0 Å². The molecule has 10 nitrogen and oxygen atoms in total. The zero-order valence-corrected chi connectivity index (χ0v) is 18.7. The van der Waals surface area contributed by atoms with Gasteiger partial charge in [0, 0.05) is 37.3 Å². The number of nitrogens with zero attached hydrogens (tertiary/aromatic N) is 4. The number of anilines is 1. The third-order valence-corrected chi connectivity index (χ3v) is 5.88. The molecule has 2 heterocycles. The van der Waals surface area contributed by atoms with Crippen molar-refractivity contribution in [3.63, 3.8) is 0 Å². The lowest BCUT2D eigenvalue weighted by Gasteiger charge is -2.40. The Hall–Kier alpha value is -3.78. The predicted molar refractivity (Wildman–Crippen MR) is 118 cm³/mol. The minimum absolute atomic E-state index is 0.00770. The Balaban J connectivity index is 1.27. The molecule has 0 saturated heterocycles. The van der Waals surface area contributed by atoms with Crippen LogP contribution < -0.4 is 14.4 Å². The van der Waals surface area contributed by atoms with E-state index < -0.39 is 18.3 Å². The highest BCUT2D eigenvalue weighted by Gasteiger charge is 2.49. The normalized spacial score (nSPS) is 19.3. The van der Waals surface area contributed by atoms with Crippen molar-refractivity contribution in [2.75, 3.05) is 25.6 Å². The zero-order valence-electron chi connectivity index (χ0n) is 18.7. The molecule has 0 bridgehead atoms. The third kappa shape index (κ3) is 4.24. The molecule has 178 valence electrons. The van der Waals surface area contributed by atoms with Gasteiger partial charge in [0.25, 0.3) is 5.91 Å². The lowest BCUT2D eigenvalue weighted by atomic mass is 10.2. The first kappa shape index (κ1) is 22.0. The summed E-state index contributed by atoms with van der Waals surface area (Å²) in [5.74, 6) is 5.69. The van der Waals surface area contributed by atoms with Gasteiger partial charge in [0.1, 0.15) is 23.0 Å². The van der Waals surface area contributed by atoms with E-state index in [0.717, 1.165) is 31.7 Å². The van der Waals surface area contributed by atoms with Crippen LogP contribution in [-0.2, 0) is 0 Å². The number of hydrogen-bond donors (Lipinski definition) is 2. The zero-order chi connectivity index (χ0) is 24.0. The molecular formula is C23H24FN5O5. The second-order valence-corrected chi connectivity index (χ2v) is 8.57. The maximum atomic E-state index is 13.6. The van der Waals surface area contributed by atoms with E-state index in [1.54, 1.807) is 4.90 Å². The average molecular weight is 469 g/mol. The fraction of sp³-hybridized carbons (Fsp3) is 0.435. The van der Waals surface area contributed by atoms with Crippen LogP contribution in [-0.4, -0.2) is 76.0 Å². The number of carbonyl (C=O) groups is 2. The number of rotatable bonds is 5. The molecule has 2 N–H and O–H groups in total. The van der Waals surface area contributed by atoms with Crippen molar-refractivity contribution in [3.8, 4) is 23.3 Å². The summed E-state index contributed by atoms with van der Waals surface area (Å²) in [6.45, 7) is 0.00770. The van der Waals surface area contributed by atoms with Crippen molar-refractivity contribution in [2.24, 2.45) is 0 Å². The van der Waals surface area contributed by atoms with Crippen molar-refractivity contribution >= 4 is 17.8 Å². The van der Waals surface area contributed by atoms with Gasteiger partial charge in [-0.25, -0.2) is 14.2 Å². The molecule has 1 aromatic heterocycles. The van der Waals surface area contributed by atoms with Gasteiger partial charge in [0.2, 0.25) is 6.35 Å². The van der Waals surface area contributed by atoms with Gasteiger partial charge in [0.05, 0.1) is 13.7 Å². The number of fused-ring (bicyclic) bond motifs is 1. The van der Waals surface area contributed by atoms with Crippen LogP contribution >= 0.6 is 0 Å². The summed E-state index contributed by atoms with van der Waals surface area (Å²) >= 11 is 0. The smallest absolute Gasteiger partial charge is 0.415 e. The van der Waals surface area contributed by atoms with E-state index in [1.807, 2.05) is 0 Å². The molecule has 2 saturated carbocycles. The number of aliphatic hydroxyl groups excluding tert-OH is 1. The lowest BCUT2D eigenvalue weighted by molar-refractivity contribution is -0.00401.